The number of hydrogen-bond acceptors (Lipinski definition) is 16. The molecular weight excluding hydrogens is 1330 g/mol. The third-order valence-electron chi connectivity index (χ3n) is 19.2. The number of H-pyrrole nitrogens is 2. The van der Waals surface area contributed by atoms with Crippen LogP contribution in [-0.4, -0.2) is 175 Å². The number of carboxylic acid groups (broad SMARTS) is 1. The molecule has 12 atom stereocenters. The van der Waals surface area contributed by atoms with Gasteiger partial charge in [-0.2, -0.15) is 23.5 Å². The molecule has 1 saturated heterocycles. The Balaban J connectivity index is 1.04. The molecule has 3 aromatic carbocycles. The number of carbonyl (C=O) groups is 11. The molecule has 4 aliphatic rings. The van der Waals surface area contributed by atoms with Gasteiger partial charge in [-0.25, -0.2) is 13.8 Å². The van der Waals surface area contributed by atoms with Crippen molar-refractivity contribution in [1.82, 2.24) is 57.1 Å². The number of benzene rings is 3. The fraction of sp³-hybridized carbons (Fsp3) is 0.514. The third kappa shape index (κ3) is 21.6. The monoisotopic (exact) mass is 1420 g/mol. The van der Waals surface area contributed by atoms with E-state index in [0.717, 1.165) is 11.1 Å². The Kier molecular flexibility index (Phi) is 27.4. The molecule has 9 amide bonds. The molecule has 100 heavy (non-hydrogen) atoms. The van der Waals surface area contributed by atoms with Gasteiger partial charge >= 0.3 is 5.97 Å². The van der Waals surface area contributed by atoms with Gasteiger partial charge in [-0.05, 0) is 148 Å². The molecule has 0 spiro atoms. The molecule has 2 aromatic heterocycles. The SMILES string of the molecule is NCCCC[C@@H]1NC(=O)CCSCc2cccc(c2)CSC[C@@H](C(N)=O)CC(=O)[C@@H]2CCCN2C(=O)[C@@H](Cc2ccc(O)cc2)NC(=O)[C@H](Cc2cnc[nH]2)NC(=O)[C@H](CC(=O)O)NC(=O)[C@H](CC2CCC3CCC(F)CC32)NC(=O)[C@H](Cc2c[nH]c3ccc(F)cc23)NC(=O)CNC1=O. The smallest absolute Gasteiger partial charge is 0.305 e. The molecule has 2 bridgehead atoms. The van der Waals surface area contributed by atoms with Gasteiger partial charge in [0.05, 0.1) is 31.3 Å². The fourth-order valence-corrected chi connectivity index (χ4v) is 16.0. The second kappa shape index (κ2) is 36.4. The largest absolute Gasteiger partial charge is 0.508 e. The number of unbranched alkanes of at least 4 members (excludes halogenated alkanes) is 1. The van der Waals surface area contributed by atoms with Crippen LogP contribution in [-0.2, 0) is 83.5 Å². The molecule has 15 N–H and O–H groups in total. The predicted molar refractivity (Wildman–Crippen MR) is 369 cm³/mol. The highest BCUT2D eigenvalue weighted by Gasteiger charge is 2.44. The minimum atomic E-state index is -1.97. The molecule has 2 saturated carbocycles. The van der Waals surface area contributed by atoms with Crippen LogP contribution >= 0.6 is 23.5 Å². The molecular formula is C70H89F2N13O13S2. The third-order valence-corrected chi connectivity index (χ3v) is 21.4. The zero-order valence-electron chi connectivity index (χ0n) is 55.5. The summed E-state index contributed by atoms with van der Waals surface area (Å²) in [4.78, 5) is 168. The summed E-state index contributed by atoms with van der Waals surface area (Å²) in [5, 5.41) is 39.5. The summed E-state index contributed by atoms with van der Waals surface area (Å²) in [6, 6.07) is 7.18. The Morgan fingerprint density at radius 2 is 1.40 bits per heavy atom. The number of nitrogens with two attached hydrogens (primary N) is 2. The number of carbonyl (C=O) groups excluding carboxylic acids is 10. The average molecular weight is 1420 g/mol. The van der Waals surface area contributed by atoms with Gasteiger partial charge < -0.3 is 73.8 Å². The highest BCUT2D eigenvalue weighted by molar-refractivity contribution is 7.98. The second-order valence-corrected chi connectivity index (χ2v) is 28.6. The number of phenolic OH excluding ortho intramolecular Hbond substituents is 1. The van der Waals surface area contributed by atoms with Gasteiger partial charge in [0, 0.05) is 90.7 Å². The number of aromatic amines is 2. The number of aliphatic carboxylic acids is 1. The van der Waals surface area contributed by atoms with Crippen LogP contribution in [0.15, 0.2) is 85.5 Å². The second-order valence-electron chi connectivity index (χ2n) is 26.4. The van der Waals surface area contributed by atoms with Crippen molar-refractivity contribution in [3.63, 3.8) is 0 Å². The highest BCUT2D eigenvalue weighted by Crippen LogP contribution is 2.48. The van der Waals surface area contributed by atoms with E-state index < -0.39 is 138 Å². The number of amides is 9. The molecule has 2 aliphatic carbocycles. The number of ketones is 1. The Hall–Kier alpha value is -8.90. The number of aromatic hydroxyl groups is 1. The Morgan fingerprint density at radius 3 is 2.13 bits per heavy atom. The van der Waals surface area contributed by atoms with Crippen molar-refractivity contribution in [2.24, 2.45) is 35.1 Å². The number of aromatic nitrogens is 3. The number of primary amides is 1. The number of thioether (sulfide) groups is 2. The van der Waals surface area contributed by atoms with E-state index in [0.29, 0.717) is 96.5 Å². The van der Waals surface area contributed by atoms with Crippen LogP contribution in [0, 0.1) is 29.5 Å². The van der Waals surface area contributed by atoms with E-state index in [-0.39, 0.29) is 93.6 Å². The number of imidazole rings is 1. The van der Waals surface area contributed by atoms with Crippen LogP contribution in [0.2, 0.25) is 0 Å². The molecule has 26 nitrogen and oxygen atoms in total. The number of Topliss-reactive ketones (excluding diaryl/α,β-unsaturated/α-hetero) is 1. The summed E-state index contributed by atoms with van der Waals surface area (Å²) in [7, 11) is 0. The van der Waals surface area contributed by atoms with Gasteiger partial charge in [-0.1, -0.05) is 36.4 Å². The lowest BCUT2D eigenvalue weighted by Gasteiger charge is -2.33. The van der Waals surface area contributed by atoms with E-state index in [9.17, 15) is 53.0 Å². The highest BCUT2D eigenvalue weighted by atomic mass is 32.2. The van der Waals surface area contributed by atoms with Gasteiger partial charge in [0.15, 0.2) is 5.78 Å². The lowest BCUT2D eigenvalue weighted by atomic mass is 9.75. The molecule has 538 valence electrons. The summed E-state index contributed by atoms with van der Waals surface area (Å²) in [6.07, 6.45) is 4.85. The maximum atomic E-state index is 15.3. The molecule has 4 heterocycles. The Morgan fingerprint density at radius 1 is 0.710 bits per heavy atom. The normalized spacial score (nSPS) is 26.6. The first-order chi connectivity index (χ1) is 48.1. The van der Waals surface area contributed by atoms with Gasteiger partial charge in [-0.3, -0.25) is 52.7 Å². The minimum Gasteiger partial charge on any atom is -0.508 e. The van der Waals surface area contributed by atoms with Gasteiger partial charge in [-0.15, -0.1) is 0 Å². The van der Waals surface area contributed by atoms with Crippen molar-refractivity contribution in [2.45, 2.75) is 169 Å². The van der Waals surface area contributed by atoms with E-state index in [1.807, 2.05) is 24.3 Å². The number of hydrogen-bond donors (Lipinski definition) is 13. The molecule has 0 radical (unpaired) electrons. The zero-order chi connectivity index (χ0) is 71.4. The van der Waals surface area contributed by atoms with E-state index in [1.54, 1.807) is 0 Å². The number of alkyl halides is 1. The molecule has 30 heteroatoms. The standard InChI is InChI=1S/C70H89F2N13O13S2/c71-46-14-13-42-11-12-43(50(42)28-46)25-55-67(95)83-57(31-63(90)91)69(97)82-56(30-48-33-75-38-78-48)68(96)84-58(24-39-9-16-49(86)17-10-39)70(98)85-21-4-8-59(85)60(87)27-45(64(74)92)37-100-36-41-6-3-5-40(23-41)35-99-22-19-61(88)79-53(7-1-2-20-73)65(93)77-34-62(89)80-54(66(94)81-55)26-44-32-76-52-18-15-47(72)29-51(44)52/h3,5-6,9-10,15-18,23,29,32-33,38,42-43,45-46,50,53-59,76,86H,1-2,4,7-8,11-14,19-22,24-28,30-31,34-37,73H2,(H2,74,92)(H,75,78)(H,77,93)(H,79,88)(H,80,89)(H,81,94)(H,82,97)(H,83,95)(H,84,96)(H,90,91)/t42?,43?,45-,46?,50?,53-,54-,55-,56-,57-,58+,59-/m0/s1. The Bertz CT molecular complexity index is 3720. The number of carboxylic acids is 1. The first-order valence-electron chi connectivity index (χ1n) is 34.1. The first kappa shape index (κ1) is 75.3. The van der Waals surface area contributed by atoms with Crippen LogP contribution in [0.25, 0.3) is 10.9 Å². The maximum absolute atomic E-state index is 15.3. The summed E-state index contributed by atoms with van der Waals surface area (Å²) >= 11 is 2.88. The van der Waals surface area contributed by atoms with E-state index in [4.69, 9.17) is 11.5 Å². The number of rotatable bonds is 15. The minimum absolute atomic E-state index is 0.0325. The lowest BCUT2D eigenvalue weighted by Crippen LogP contribution is -2.60. The number of nitrogens with zero attached hydrogens (tertiary/aromatic N) is 2. The fourth-order valence-electron chi connectivity index (χ4n) is 14.0. The summed E-state index contributed by atoms with van der Waals surface area (Å²) in [5.74, 6) is -10.2. The van der Waals surface area contributed by atoms with Crippen LogP contribution in [0.1, 0.15) is 118 Å². The molecule has 4 unspecified atom stereocenters. The number of halogens is 2. The van der Waals surface area contributed by atoms with Crippen LogP contribution in [0.3, 0.4) is 0 Å². The predicted octanol–water partition coefficient (Wildman–Crippen LogP) is 3.57. The molecule has 3 fully saturated rings. The molecule has 5 aromatic rings. The van der Waals surface area contributed by atoms with Crippen molar-refractivity contribution in [1.29, 1.82) is 0 Å². The van der Waals surface area contributed by atoms with Crippen molar-refractivity contribution >= 4 is 99.3 Å². The van der Waals surface area contributed by atoms with Crippen LogP contribution < -0.4 is 48.7 Å². The van der Waals surface area contributed by atoms with Gasteiger partial charge in [0.25, 0.3) is 0 Å². The summed E-state index contributed by atoms with van der Waals surface area (Å²) < 4.78 is 30.1. The topological polar surface area (TPSA) is 412 Å². The van der Waals surface area contributed by atoms with Crippen LogP contribution in [0.4, 0.5) is 8.78 Å². The maximum Gasteiger partial charge on any atom is 0.305 e. The number of phenols is 1. The first-order valence-corrected chi connectivity index (χ1v) is 36.4. The molecule has 2 aliphatic heterocycles. The average Bonchev–Trinajstić information content (AvgIpc) is 1.64. The van der Waals surface area contributed by atoms with Gasteiger partial charge in [0.1, 0.15) is 54.0 Å². The van der Waals surface area contributed by atoms with E-state index in [1.165, 1.54) is 89.6 Å². The van der Waals surface area contributed by atoms with Crippen molar-refractivity contribution in [3.05, 3.63) is 119 Å². The number of nitrogens with one attached hydrogen (secondary N) is 9. The van der Waals surface area contributed by atoms with Crippen molar-refractivity contribution in [3.8, 4) is 5.75 Å². The van der Waals surface area contributed by atoms with Crippen molar-refractivity contribution < 1.29 is 71.7 Å². The zero-order valence-corrected chi connectivity index (χ0v) is 57.1. The van der Waals surface area contributed by atoms with Gasteiger partial charge in [0.2, 0.25) is 53.2 Å². The molecule has 9 rings (SSSR count). The van der Waals surface area contributed by atoms with Crippen molar-refractivity contribution in [2.75, 3.05) is 31.1 Å². The Labute approximate surface area is 585 Å². The lowest BCUT2D eigenvalue weighted by molar-refractivity contribution is -0.142. The van der Waals surface area contributed by atoms with E-state index >= 15 is 18.8 Å². The number of fused-ring (bicyclic) bond motifs is 5. The van der Waals surface area contributed by atoms with Crippen LogP contribution in [0.5, 0.6) is 5.75 Å². The summed E-state index contributed by atoms with van der Waals surface area (Å²) in [6.45, 7) is -0.298. The summed E-state index contributed by atoms with van der Waals surface area (Å²) in [5.41, 5.74) is 15.2. The quantitative estimate of drug-likeness (QED) is 0.0666. The van der Waals surface area contributed by atoms with E-state index in [2.05, 4.69) is 52.2 Å².